The number of hydrogen-bond acceptors (Lipinski definition) is 2. The molecule has 0 heterocycles. The van der Waals surface area contributed by atoms with Crippen LogP contribution in [0.5, 0.6) is 0 Å². The Morgan fingerprint density at radius 1 is 0.679 bits per heavy atom. The van der Waals surface area contributed by atoms with Gasteiger partial charge in [0.05, 0.1) is 6.16 Å². The van der Waals surface area contributed by atoms with Crippen molar-refractivity contribution in [1.29, 1.82) is 0 Å². The fourth-order valence-corrected chi connectivity index (χ4v) is 9.27. The maximum Gasteiger partial charge on any atom is 0.136 e. The molecule has 3 rings (SSSR count). The van der Waals surface area contributed by atoms with Gasteiger partial charge in [0.25, 0.3) is 0 Å². The summed E-state index contributed by atoms with van der Waals surface area (Å²) in [6, 6.07) is 34.3. The van der Waals surface area contributed by atoms with Crippen molar-refractivity contribution in [2.45, 2.75) is 18.4 Å². The molecular weight excluding hydrogens is 379 g/mol. The van der Waals surface area contributed by atoms with Gasteiger partial charge in [-0.15, -0.1) is 0 Å². The first-order chi connectivity index (χ1) is 13.8. The Kier molecular flexibility index (Phi) is 7.99. The summed E-state index contributed by atoms with van der Waals surface area (Å²) >= 11 is 0. The quantitative estimate of drug-likeness (QED) is 0.218. The number of rotatable bonds is 10. The molecule has 0 saturated carbocycles. The van der Waals surface area contributed by atoms with Gasteiger partial charge in [-0.2, -0.15) is 0 Å². The zero-order valence-electron chi connectivity index (χ0n) is 16.6. The van der Waals surface area contributed by atoms with Crippen molar-refractivity contribution in [2.75, 3.05) is 20.4 Å². The number of methoxy groups -OCH3 is 2. The molecule has 3 aromatic rings. The Hall–Kier alpha value is -1.77. The smallest absolute Gasteiger partial charge is 0.136 e. The Labute approximate surface area is 172 Å². The van der Waals surface area contributed by atoms with Crippen LogP contribution in [-0.4, -0.2) is 35.8 Å². The van der Waals surface area contributed by atoms with Gasteiger partial charge in [-0.1, -0.05) is 60.6 Å². The third-order valence-electron chi connectivity index (χ3n) is 5.00. The van der Waals surface area contributed by atoms with Gasteiger partial charge in [0.15, 0.2) is 0 Å². The van der Waals surface area contributed by atoms with E-state index in [-0.39, 0.29) is 5.91 Å². The molecule has 0 atom stereocenters. The Balaban J connectivity index is 1.99. The topological polar surface area (TPSA) is 18.5 Å². The third kappa shape index (κ3) is 4.79. The minimum Gasteiger partial charge on any atom is -0.360 e. The normalized spacial score (nSPS) is 11.7. The average Bonchev–Trinajstić information content (AvgIpc) is 2.78. The summed E-state index contributed by atoms with van der Waals surface area (Å²) in [7, 11) is 2.39. The molecule has 3 aromatic carbocycles. The first kappa shape index (κ1) is 20.9. The molecule has 2 radical (unpaired) electrons. The molecule has 4 heteroatoms. The van der Waals surface area contributed by atoms with Crippen molar-refractivity contribution in [3.8, 4) is 0 Å². The van der Waals surface area contributed by atoms with Crippen LogP contribution in [0.4, 0.5) is 0 Å². The van der Waals surface area contributed by atoms with Gasteiger partial charge >= 0.3 is 0 Å². The maximum absolute atomic E-state index is 5.38. The standard InChI is InChI=1S/C24H28O2PSi/c1-25-24(26-2)28-20-12-19-27(21-13-6-3-7-14-21,22-15-8-4-9-16-22)23-17-10-5-11-18-23/h3-11,13-18,24H,12,19-20H2,1-2H3/q+1. The van der Waals surface area contributed by atoms with Crippen LogP contribution in [0.1, 0.15) is 6.42 Å². The number of ether oxygens (including phenoxy) is 2. The fourth-order valence-electron chi connectivity index (χ4n) is 3.68. The van der Waals surface area contributed by atoms with Crippen molar-refractivity contribution in [3.63, 3.8) is 0 Å². The Morgan fingerprint density at radius 3 is 1.43 bits per heavy atom. The molecule has 28 heavy (non-hydrogen) atoms. The molecule has 0 amide bonds. The lowest BCUT2D eigenvalue weighted by atomic mass is 10.4. The number of benzene rings is 3. The van der Waals surface area contributed by atoms with Crippen molar-refractivity contribution in [2.24, 2.45) is 0 Å². The van der Waals surface area contributed by atoms with E-state index in [9.17, 15) is 0 Å². The van der Waals surface area contributed by atoms with Crippen LogP contribution in [0.25, 0.3) is 0 Å². The summed E-state index contributed by atoms with van der Waals surface area (Å²) < 4.78 is 10.8. The minimum absolute atomic E-state index is 0.0853. The van der Waals surface area contributed by atoms with E-state index in [0.29, 0.717) is 9.52 Å². The van der Waals surface area contributed by atoms with Crippen LogP contribution in [0, 0.1) is 0 Å². The van der Waals surface area contributed by atoms with Crippen LogP contribution in [0.2, 0.25) is 6.04 Å². The molecule has 0 bridgehead atoms. The summed E-state index contributed by atoms with van der Waals surface area (Å²) in [4.78, 5) is 0. The second-order valence-corrected chi connectivity index (χ2v) is 11.6. The van der Waals surface area contributed by atoms with Crippen molar-refractivity contribution < 1.29 is 9.47 Å². The lowest BCUT2D eigenvalue weighted by Crippen LogP contribution is -2.33. The van der Waals surface area contributed by atoms with Crippen molar-refractivity contribution in [1.82, 2.24) is 0 Å². The summed E-state index contributed by atoms with van der Waals surface area (Å²) in [5.74, 6) is -0.0853. The first-order valence-electron chi connectivity index (χ1n) is 9.65. The summed E-state index contributed by atoms with van der Waals surface area (Å²) in [6.07, 6.45) is 2.30. The van der Waals surface area contributed by atoms with Crippen LogP contribution in [0.3, 0.4) is 0 Å². The van der Waals surface area contributed by atoms with Crippen LogP contribution < -0.4 is 15.9 Å². The van der Waals surface area contributed by atoms with E-state index in [0.717, 1.165) is 18.6 Å². The highest BCUT2D eigenvalue weighted by molar-refractivity contribution is 7.95. The van der Waals surface area contributed by atoms with Gasteiger partial charge in [-0.25, -0.2) is 0 Å². The SMILES string of the molecule is COC(OC)[Si]CCC[P+](c1ccccc1)(c1ccccc1)c1ccccc1. The molecule has 0 saturated heterocycles. The summed E-state index contributed by atoms with van der Waals surface area (Å²) in [5, 5.41) is 4.35. The monoisotopic (exact) mass is 407 g/mol. The highest BCUT2D eigenvalue weighted by Crippen LogP contribution is 2.55. The first-order valence-corrected chi connectivity index (χ1v) is 12.9. The lowest BCUT2D eigenvalue weighted by molar-refractivity contribution is -0.0441. The number of hydrogen-bond donors (Lipinski definition) is 0. The highest BCUT2D eigenvalue weighted by Gasteiger charge is 2.44. The van der Waals surface area contributed by atoms with Gasteiger partial charge in [0.2, 0.25) is 0 Å². The predicted molar refractivity (Wildman–Crippen MR) is 123 cm³/mol. The predicted octanol–water partition coefficient (Wildman–Crippen LogP) is 4.07. The molecule has 0 spiro atoms. The van der Waals surface area contributed by atoms with Crippen molar-refractivity contribution in [3.05, 3.63) is 91.0 Å². The van der Waals surface area contributed by atoms with Gasteiger partial charge in [-0.05, 0) is 42.8 Å². The summed E-state index contributed by atoms with van der Waals surface area (Å²) in [6.45, 7) is 0. The molecular formula is C24H28O2PSi+. The molecule has 0 aromatic heterocycles. The zero-order valence-corrected chi connectivity index (χ0v) is 18.5. The van der Waals surface area contributed by atoms with Gasteiger partial charge in [0.1, 0.15) is 38.6 Å². The molecule has 0 fully saturated rings. The van der Waals surface area contributed by atoms with E-state index in [1.165, 1.54) is 15.9 Å². The molecule has 0 aliphatic heterocycles. The second kappa shape index (κ2) is 10.7. The largest absolute Gasteiger partial charge is 0.360 e. The zero-order chi connectivity index (χ0) is 19.7. The minimum atomic E-state index is -1.71. The fraction of sp³-hybridized carbons (Fsp3) is 0.250. The highest BCUT2D eigenvalue weighted by atomic mass is 31.2. The Morgan fingerprint density at radius 2 is 1.07 bits per heavy atom. The van der Waals surface area contributed by atoms with Crippen LogP contribution in [-0.2, 0) is 9.47 Å². The third-order valence-corrected chi connectivity index (χ3v) is 11.0. The maximum atomic E-state index is 5.38. The molecule has 0 N–H and O–H groups in total. The Bertz CT molecular complexity index is 711. The van der Waals surface area contributed by atoms with Crippen LogP contribution >= 0.6 is 7.26 Å². The van der Waals surface area contributed by atoms with E-state index >= 15 is 0 Å². The molecule has 0 unspecified atom stereocenters. The van der Waals surface area contributed by atoms with E-state index in [1.807, 2.05) is 0 Å². The van der Waals surface area contributed by atoms with E-state index < -0.39 is 7.26 Å². The molecule has 2 nitrogen and oxygen atoms in total. The lowest BCUT2D eigenvalue weighted by Gasteiger charge is -2.28. The van der Waals surface area contributed by atoms with Gasteiger partial charge in [-0.3, -0.25) is 0 Å². The van der Waals surface area contributed by atoms with E-state index in [4.69, 9.17) is 9.47 Å². The van der Waals surface area contributed by atoms with E-state index in [2.05, 4.69) is 91.0 Å². The second-order valence-electron chi connectivity index (χ2n) is 6.65. The van der Waals surface area contributed by atoms with Crippen molar-refractivity contribution >= 4 is 32.7 Å². The average molecular weight is 408 g/mol. The van der Waals surface area contributed by atoms with Gasteiger partial charge in [0, 0.05) is 14.2 Å². The molecule has 0 aliphatic carbocycles. The molecule has 144 valence electrons. The molecule has 0 aliphatic rings. The summed E-state index contributed by atoms with van der Waals surface area (Å²) in [5.41, 5.74) is 0. The van der Waals surface area contributed by atoms with E-state index in [1.54, 1.807) is 14.2 Å². The van der Waals surface area contributed by atoms with Crippen LogP contribution in [0.15, 0.2) is 91.0 Å². The van der Waals surface area contributed by atoms with Gasteiger partial charge < -0.3 is 9.47 Å².